The van der Waals surface area contributed by atoms with Crippen LogP contribution in [0.2, 0.25) is 0 Å². The normalized spacial score (nSPS) is 26.8. The minimum absolute atomic E-state index is 0.0768. The molecule has 2 heterocycles. The maximum absolute atomic E-state index is 11.8. The van der Waals surface area contributed by atoms with Crippen LogP contribution in [0.3, 0.4) is 0 Å². The Morgan fingerprint density at radius 1 is 1.29 bits per heavy atom. The van der Waals surface area contributed by atoms with Crippen LogP contribution in [0.15, 0.2) is 18.2 Å². The summed E-state index contributed by atoms with van der Waals surface area (Å²) in [6.45, 7) is 0. The van der Waals surface area contributed by atoms with E-state index in [1.807, 2.05) is 0 Å². The van der Waals surface area contributed by atoms with E-state index >= 15 is 0 Å². The van der Waals surface area contributed by atoms with Crippen molar-refractivity contribution < 1.29 is 17.9 Å². The van der Waals surface area contributed by atoms with Gasteiger partial charge < -0.3 is 14.4 Å². The second kappa shape index (κ2) is 5.10. The molecule has 0 aliphatic carbocycles. The Balaban J connectivity index is 2.04. The van der Waals surface area contributed by atoms with Gasteiger partial charge in [0.1, 0.15) is 11.5 Å². The first-order valence-corrected chi connectivity index (χ1v) is 9.12. The fourth-order valence-corrected chi connectivity index (χ4v) is 6.56. The van der Waals surface area contributed by atoms with E-state index in [1.165, 1.54) is 11.8 Å². The zero-order valence-corrected chi connectivity index (χ0v) is 13.3. The monoisotopic (exact) mass is 328 g/mol. The van der Waals surface area contributed by atoms with Gasteiger partial charge in [0.05, 0.1) is 37.5 Å². The van der Waals surface area contributed by atoms with Gasteiger partial charge in [0.2, 0.25) is 0 Å². The van der Waals surface area contributed by atoms with Crippen LogP contribution in [0.25, 0.3) is 0 Å². The van der Waals surface area contributed by atoms with E-state index in [0.717, 1.165) is 0 Å². The average molecular weight is 328 g/mol. The Labute approximate surface area is 127 Å². The van der Waals surface area contributed by atoms with Crippen molar-refractivity contribution in [1.82, 2.24) is 0 Å². The molecule has 8 heteroatoms. The number of sulfone groups is 1. The Bertz CT molecular complexity index is 689. The Kier molecular flexibility index (Phi) is 3.53. The molecule has 0 radical (unpaired) electrons. The molecular formula is C13H16N2O4S2. The van der Waals surface area contributed by atoms with E-state index in [-0.39, 0.29) is 22.8 Å². The van der Waals surface area contributed by atoms with E-state index in [1.54, 1.807) is 37.3 Å². The van der Waals surface area contributed by atoms with Crippen LogP contribution in [0.1, 0.15) is 0 Å². The van der Waals surface area contributed by atoms with Gasteiger partial charge >= 0.3 is 0 Å². The fourth-order valence-electron chi connectivity index (χ4n) is 2.77. The summed E-state index contributed by atoms with van der Waals surface area (Å²) in [5, 5.41) is 8.44. The molecule has 1 aromatic carbocycles. The lowest BCUT2D eigenvalue weighted by molar-refractivity contribution is 0.403. The number of ether oxygens (including phenoxy) is 2. The second-order valence-corrected chi connectivity index (χ2v) is 8.40. The first-order chi connectivity index (χ1) is 9.95. The molecule has 3 rings (SSSR count). The fraction of sp³-hybridized carbons (Fsp3) is 0.462. The topological polar surface area (TPSA) is 79.7 Å². The standard InChI is InChI=1S/C13H16N2O4S2/c1-18-8-3-4-11(19-2)9(5-8)15-10-6-21(16,17)7-12(10)20-13(15)14/h3-5,10,12,14H,6-7H2,1-2H3/t10-,12-/m1/s1. The van der Waals surface area contributed by atoms with Crippen molar-refractivity contribution in [3.05, 3.63) is 18.2 Å². The molecule has 2 aliphatic heterocycles. The minimum atomic E-state index is -3.04. The molecular weight excluding hydrogens is 312 g/mol. The lowest BCUT2D eigenvalue weighted by atomic mass is 10.2. The lowest BCUT2D eigenvalue weighted by Crippen LogP contribution is -2.37. The molecule has 2 saturated heterocycles. The van der Waals surface area contributed by atoms with Gasteiger partial charge in [0.15, 0.2) is 15.0 Å². The summed E-state index contributed by atoms with van der Waals surface area (Å²) < 4.78 is 34.3. The number of anilines is 1. The predicted molar refractivity (Wildman–Crippen MR) is 83.6 cm³/mol. The average Bonchev–Trinajstić information content (AvgIpc) is 2.88. The molecule has 0 amide bonds. The number of hydrogen-bond acceptors (Lipinski definition) is 6. The maximum Gasteiger partial charge on any atom is 0.161 e. The summed E-state index contributed by atoms with van der Waals surface area (Å²) in [6, 6.07) is 5.11. The van der Waals surface area contributed by atoms with Crippen LogP contribution in [0.4, 0.5) is 5.69 Å². The Hall–Kier alpha value is -1.41. The van der Waals surface area contributed by atoms with Crippen molar-refractivity contribution in [2.75, 3.05) is 30.6 Å². The minimum Gasteiger partial charge on any atom is -0.497 e. The number of rotatable bonds is 3. The number of fused-ring (bicyclic) bond motifs is 1. The van der Waals surface area contributed by atoms with Crippen LogP contribution in [-0.2, 0) is 9.84 Å². The van der Waals surface area contributed by atoms with Crippen molar-refractivity contribution in [2.45, 2.75) is 11.3 Å². The molecule has 0 unspecified atom stereocenters. The zero-order chi connectivity index (χ0) is 15.2. The highest BCUT2D eigenvalue weighted by atomic mass is 32.2. The van der Waals surface area contributed by atoms with Crippen molar-refractivity contribution >= 4 is 32.5 Å². The SMILES string of the molecule is COc1ccc(OC)c(N2C(=N)S[C@@H]3CS(=O)(=O)C[C@H]32)c1. The van der Waals surface area contributed by atoms with Gasteiger partial charge in [0, 0.05) is 11.3 Å². The first-order valence-electron chi connectivity index (χ1n) is 6.42. The van der Waals surface area contributed by atoms with Gasteiger partial charge in [-0.15, -0.1) is 0 Å². The van der Waals surface area contributed by atoms with Crippen molar-refractivity contribution in [1.29, 1.82) is 5.41 Å². The quantitative estimate of drug-likeness (QED) is 0.902. The lowest BCUT2D eigenvalue weighted by Gasteiger charge is -2.26. The highest BCUT2D eigenvalue weighted by Gasteiger charge is 2.49. The molecule has 0 bridgehead atoms. The molecule has 21 heavy (non-hydrogen) atoms. The van der Waals surface area contributed by atoms with Gasteiger partial charge in [-0.1, -0.05) is 11.8 Å². The molecule has 114 valence electrons. The second-order valence-electron chi connectivity index (χ2n) is 5.01. The molecule has 2 fully saturated rings. The van der Waals surface area contributed by atoms with E-state index in [9.17, 15) is 8.42 Å². The van der Waals surface area contributed by atoms with Gasteiger partial charge in [-0.05, 0) is 12.1 Å². The summed E-state index contributed by atoms with van der Waals surface area (Å²) in [5.74, 6) is 1.46. The highest BCUT2D eigenvalue weighted by molar-refractivity contribution is 8.15. The van der Waals surface area contributed by atoms with Gasteiger partial charge in [-0.2, -0.15) is 0 Å². The molecule has 0 saturated carbocycles. The summed E-state index contributed by atoms with van der Waals surface area (Å²) in [5.41, 5.74) is 0.680. The molecule has 0 spiro atoms. The van der Waals surface area contributed by atoms with Gasteiger partial charge in [0.25, 0.3) is 0 Å². The first kappa shape index (κ1) is 14.5. The van der Waals surface area contributed by atoms with Crippen molar-refractivity contribution in [2.24, 2.45) is 0 Å². The Morgan fingerprint density at radius 2 is 2.05 bits per heavy atom. The number of benzene rings is 1. The number of amidine groups is 1. The Morgan fingerprint density at radius 3 is 2.71 bits per heavy atom. The summed E-state index contributed by atoms with van der Waals surface area (Å²) in [4.78, 5) is 1.75. The molecule has 6 nitrogen and oxygen atoms in total. The molecule has 1 N–H and O–H groups in total. The third-order valence-corrected chi connectivity index (χ3v) is 6.86. The van der Waals surface area contributed by atoms with Gasteiger partial charge in [-0.3, -0.25) is 5.41 Å². The third kappa shape index (κ3) is 2.46. The summed E-state index contributed by atoms with van der Waals surface area (Å²) in [6.07, 6.45) is 0. The number of thioether (sulfide) groups is 1. The summed E-state index contributed by atoms with van der Waals surface area (Å²) >= 11 is 1.31. The molecule has 2 aliphatic rings. The zero-order valence-electron chi connectivity index (χ0n) is 11.7. The third-order valence-electron chi connectivity index (χ3n) is 3.73. The van der Waals surface area contributed by atoms with E-state index in [0.29, 0.717) is 22.4 Å². The number of nitrogens with one attached hydrogen (secondary N) is 1. The largest absolute Gasteiger partial charge is 0.497 e. The van der Waals surface area contributed by atoms with Gasteiger partial charge in [-0.25, -0.2) is 8.42 Å². The number of methoxy groups -OCH3 is 2. The van der Waals surface area contributed by atoms with E-state index < -0.39 is 9.84 Å². The molecule has 1 aromatic rings. The van der Waals surface area contributed by atoms with Crippen LogP contribution in [0, 0.1) is 5.41 Å². The van der Waals surface area contributed by atoms with Crippen LogP contribution in [-0.4, -0.2) is 50.6 Å². The van der Waals surface area contributed by atoms with Crippen LogP contribution < -0.4 is 14.4 Å². The van der Waals surface area contributed by atoms with E-state index in [4.69, 9.17) is 14.9 Å². The predicted octanol–water partition coefficient (Wildman–Crippen LogP) is 1.36. The van der Waals surface area contributed by atoms with Crippen molar-refractivity contribution in [3.8, 4) is 11.5 Å². The summed E-state index contributed by atoms with van der Waals surface area (Å²) in [7, 11) is 0.0882. The molecule has 2 atom stereocenters. The van der Waals surface area contributed by atoms with Crippen LogP contribution >= 0.6 is 11.8 Å². The van der Waals surface area contributed by atoms with Crippen molar-refractivity contribution in [3.63, 3.8) is 0 Å². The smallest absolute Gasteiger partial charge is 0.161 e. The number of hydrogen-bond donors (Lipinski definition) is 1. The van der Waals surface area contributed by atoms with Crippen LogP contribution in [0.5, 0.6) is 11.5 Å². The van der Waals surface area contributed by atoms with E-state index in [2.05, 4.69) is 0 Å². The molecule has 0 aromatic heterocycles. The highest BCUT2D eigenvalue weighted by Crippen LogP contribution is 2.44. The number of nitrogens with zero attached hydrogens (tertiary/aromatic N) is 1. The maximum atomic E-state index is 11.8.